The minimum Gasteiger partial charge on any atom is -0.508 e. The summed E-state index contributed by atoms with van der Waals surface area (Å²) in [6.07, 6.45) is 1.07. The van der Waals surface area contributed by atoms with Gasteiger partial charge in [0.1, 0.15) is 5.75 Å². The van der Waals surface area contributed by atoms with Gasteiger partial charge in [-0.3, -0.25) is 5.01 Å². The van der Waals surface area contributed by atoms with Crippen molar-refractivity contribution in [3.8, 4) is 5.75 Å². The molecule has 0 aliphatic heterocycles. The highest BCUT2D eigenvalue weighted by molar-refractivity contribution is 5.27. The lowest BCUT2D eigenvalue weighted by Crippen LogP contribution is -2.24. The van der Waals surface area contributed by atoms with Crippen LogP contribution in [0.4, 0.5) is 0 Å². The SMILES string of the molecule is CCCCN(C[C@@H](O)c1ccc(O)cc1)N=O. The third-order valence-electron chi connectivity index (χ3n) is 2.55. The number of aliphatic hydroxyl groups excluding tert-OH is 1. The number of benzene rings is 1. The molecule has 1 aromatic carbocycles. The van der Waals surface area contributed by atoms with Crippen LogP contribution in [0.25, 0.3) is 0 Å². The van der Waals surface area contributed by atoms with Crippen LogP contribution in [-0.2, 0) is 0 Å². The molecular formula is C12H18N2O3. The Morgan fingerprint density at radius 2 is 2.00 bits per heavy atom. The largest absolute Gasteiger partial charge is 0.508 e. The predicted molar refractivity (Wildman–Crippen MR) is 65.3 cm³/mol. The van der Waals surface area contributed by atoms with Crippen LogP contribution in [0.1, 0.15) is 31.4 Å². The molecule has 17 heavy (non-hydrogen) atoms. The minimum atomic E-state index is -0.773. The Hall–Kier alpha value is -1.62. The van der Waals surface area contributed by atoms with Gasteiger partial charge in [-0.2, -0.15) is 0 Å². The van der Waals surface area contributed by atoms with Gasteiger partial charge in [0.25, 0.3) is 0 Å². The highest BCUT2D eigenvalue weighted by Crippen LogP contribution is 2.18. The standard InChI is InChI=1S/C12H18N2O3/c1-2-3-8-14(13-17)9-12(16)10-4-6-11(15)7-5-10/h4-7,12,15-16H,2-3,8-9H2,1H3/t12-/m1/s1. The zero-order valence-electron chi connectivity index (χ0n) is 9.91. The number of nitrogens with zero attached hydrogens (tertiary/aromatic N) is 2. The van der Waals surface area contributed by atoms with Gasteiger partial charge in [-0.1, -0.05) is 25.5 Å². The average Bonchev–Trinajstić information content (AvgIpc) is 2.35. The Bertz CT molecular complexity index is 340. The number of hydrogen-bond acceptors (Lipinski definition) is 4. The second-order valence-corrected chi connectivity index (χ2v) is 3.96. The number of aliphatic hydroxyl groups is 1. The maximum absolute atomic E-state index is 10.6. The van der Waals surface area contributed by atoms with Gasteiger partial charge in [0, 0.05) is 6.54 Å². The summed E-state index contributed by atoms with van der Waals surface area (Å²) in [5.41, 5.74) is 0.660. The average molecular weight is 238 g/mol. The molecular weight excluding hydrogens is 220 g/mol. The topological polar surface area (TPSA) is 73.1 Å². The molecule has 0 aromatic heterocycles. The molecule has 0 radical (unpaired) electrons. The van der Waals surface area contributed by atoms with Crippen LogP contribution in [0.15, 0.2) is 29.6 Å². The number of phenolic OH excluding ortho intramolecular Hbond substituents is 1. The first kappa shape index (κ1) is 13.4. The van der Waals surface area contributed by atoms with E-state index in [-0.39, 0.29) is 12.3 Å². The Balaban J connectivity index is 2.54. The molecule has 0 unspecified atom stereocenters. The van der Waals surface area contributed by atoms with Gasteiger partial charge in [0.15, 0.2) is 0 Å². The molecule has 0 heterocycles. The Kier molecular flexibility index (Phi) is 5.42. The van der Waals surface area contributed by atoms with Crippen LogP contribution in [0, 0.1) is 4.91 Å². The minimum absolute atomic E-state index is 0.150. The van der Waals surface area contributed by atoms with Crippen molar-refractivity contribution in [3.05, 3.63) is 34.7 Å². The van der Waals surface area contributed by atoms with Crippen molar-refractivity contribution in [2.45, 2.75) is 25.9 Å². The molecule has 0 bridgehead atoms. The smallest absolute Gasteiger partial charge is 0.115 e. The lowest BCUT2D eigenvalue weighted by molar-refractivity contribution is 0.113. The summed E-state index contributed by atoms with van der Waals surface area (Å²) in [5.74, 6) is 0.150. The van der Waals surface area contributed by atoms with E-state index < -0.39 is 6.10 Å². The summed E-state index contributed by atoms with van der Waals surface area (Å²) in [6, 6.07) is 6.26. The molecule has 0 saturated carbocycles. The number of phenols is 1. The normalized spacial score (nSPS) is 12.1. The molecule has 5 nitrogen and oxygen atoms in total. The van der Waals surface area contributed by atoms with Gasteiger partial charge in [0.2, 0.25) is 0 Å². The van der Waals surface area contributed by atoms with E-state index >= 15 is 0 Å². The molecule has 0 spiro atoms. The maximum atomic E-state index is 10.6. The number of hydrogen-bond donors (Lipinski definition) is 2. The van der Waals surface area contributed by atoms with Gasteiger partial charge >= 0.3 is 0 Å². The van der Waals surface area contributed by atoms with Crippen LogP contribution in [0.3, 0.4) is 0 Å². The van der Waals surface area contributed by atoms with Crippen molar-refractivity contribution < 1.29 is 10.2 Å². The van der Waals surface area contributed by atoms with Gasteiger partial charge in [0.05, 0.1) is 17.9 Å². The summed E-state index contributed by atoms with van der Waals surface area (Å²) in [4.78, 5) is 10.6. The van der Waals surface area contributed by atoms with Crippen LogP contribution in [0.2, 0.25) is 0 Å². The summed E-state index contributed by atoms with van der Waals surface area (Å²) < 4.78 is 0. The first-order chi connectivity index (χ1) is 8.17. The molecule has 1 aromatic rings. The second-order valence-electron chi connectivity index (χ2n) is 3.96. The number of unbranched alkanes of at least 4 members (excludes halogenated alkanes) is 1. The maximum Gasteiger partial charge on any atom is 0.115 e. The van der Waals surface area contributed by atoms with Crippen LogP contribution >= 0.6 is 0 Å². The summed E-state index contributed by atoms with van der Waals surface area (Å²) >= 11 is 0. The molecule has 0 aliphatic carbocycles. The monoisotopic (exact) mass is 238 g/mol. The van der Waals surface area contributed by atoms with E-state index in [9.17, 15) is 10.0 Å². The lowest BCUT2D eigenvalue weighted by Gasteiger charge is -2.19. The summed E-state index contributed by atoms with van der Waals surface area (Å²) in [5, 5.41) is 23.2. The van der Waals surface area contributed by atoms with Gasteiger partial charge in [-0.15, -0.1) is 4.91 Å². The molecule has 5 heteroatoms. The molecule has 1 atom stereocenters. The number of aromatic hydroxyl groups is 1. The Morgan fingerprint density at radius 3 is 2.53 bits per heavy atom. The van der Waals surface area contributed by atoms with E-state index in [1.807, 2.05) is 6.92 Å². The zero-order valence-corrected chi connectivity index (χ0v) is 9.91. The van der Waals surface area contributed by atoms with E-state index in [0.717, 1.165) is 12.8 Å². The van der Waals surface area contributed by atoms with Crippen molar-refractivity contribution in [1.82, 2.24) is 5.01 Å². The van der Waals surface area contributed by atoms with Crippen molar-refractivity contribution in [2.24, 2.45) is 5.29 Å². The van der Waals surface area contributed by atoms with Crippen LogP contribution < -0.4 is 0 Å². The predicted octanol–water partition coefficient (Wildman–Crippen LogP) is 2.21. The molecule has 94 valence electrons. The molecule has 1 rings (SSSR count). The quantitative estimate of drug-likeness (QED) is 0.564. The third kappa shape index (κ3) is 4.40. The van der Waals surface area contributed by atoms with Crippen LogP contribution in [-0.4, -0.2) is 28.3 Å². The first-order valence-corrected chi connectivity index (χ1v) is 5.72. The van der Waals surface area contributed by atoms with E-state index in [4.69, 9.17) is 5.11 Å². The van der Waals surface area contributed by atoms with E-state index in [0.29, 0.717) is 12.1 Å². The first-order valence-electron chi connectivity index (χ1n) is 5.72. The van der Waals surface area contributed by atoms with Gasteiger partial charge in [-0.25, -0.2) is 0 Å². The summed E-state index contributed by atoms with van der Waals surface area (Å²) in [6.45, 7) is 2.75. The third-order valence-corrected chi connectivity index (χ3v) is 2.55. The molecule has 0 fully saturated rings. The molecule has 2 N–H and O–H groups in total. The van der Waals surface area contributed by atoms with Crippen LogP contribution in [0.5, 0.6) is 5.75 Å². The second kappa shape index (κ2) is 6.85. The fourth-order valence-corrected chi connectivity index (χ4v) is 1.51. The molecule has 0 amide bonds. The Morgan fingerprint density at radius 1 is 1.35 bits per heavy atom. The van der Waals surface area contributed by atoms with E-state index in [2.05, 4.69) is 5.29 Å². The fraction of sp³-hybridized carbons (Fsp3) is 0.500. The highest BCUT2D eigenvalue weighted by atomic mass is 16.3. The van der Waals surface area contributed by atoms with Crippen molar-refractivity contribution in [3.63, 3.8) is 0 Å². The number of rotatable bonds is 7. The van der Waals surface area contributed by atoms with E-state index in [1.54, 1.807) is 12.1 Å². The number of nitroso groups, excluding NO2 is 1. The van der Waals surface area contributed by atoms with Gasteiger partial charge < -0.3 is 10.2 Å². The van der Waals surface area contributed by atoms with Crippen molar-refractivity contribution in [1.29, 1.82) is 0 Å². The highest BCUT2D eigenvalue weighted by Gasteiger charge is 2.12. The Labute approximate surface area is 101 Å². The zero-order chi connectivity index (χ0) is 12.7. The fourth-order valence-electron chi connectivity index (χ4n) is 1.51. The molecule has 0 saturated heterocycles. The lowest BCUT2D eigenvalue weighted by atomic mass is 10.1. The van der Waals surface area contributed by atoms with Crippen molar-refractivity contribution in [2.75, 3.05) is 13.1 Å². The van der Waals surface area contributed by atoms with E-state index in [1.165, 1.54) is 17.1 Å². The molecule has 0 aliphatic rings. The van der Waals surface area contributed by atoms with Gasteiger partial charge in [-0.05, 0) is 24.1 Å². The van der Waals surface area contributed by atoms with Crippen molar-refractivity contribution >= 4 is 0 Å². The summed E-state index contributed by atoms with van der Waals surface area (Å²) in [7, 11) is 0.